The third-order valence-electron chi connectivity index (χ3n) is 2.84. The number of aryl methyl sites for hydroxylation is 1. The zero-order valence-electron chi connectivity index (χ0n) is 11.6. The quantitative estimate of drug-likeness (QED) is 0.790. The van der Waals surface area contributed by atoms with Gasteiger partial charge in [-0.05, 0) is 37.1 Å². The van der Waals surface area contributed by atoms with Gasteiger partial charge in [-0.15, -0.1) is 11.3 Å². The number of ether oxygens (including phenoxy) is 1. The monoisotopic (exact) mass is 275 g/mol. The van der Waals surface area contributed by atoms with Gasteiger partial charge >= 0.3 is 0 Å². The van der Waals surface area contributed by atoms with Crippen molar-refractivity contribution in [2.24, 2.45) is 0 Å². The van der Waals surface area contributed by atoms with Gasteiger partial charge in [0.15, 0.2) is 0 Å². The molecule has 0 radical (unpaired) electrons. The van der Waals surface area contributed by atoms with Crippen LogP contribution in [0.3, 0.4) is 0 Å². The number of hydrogen-bond donors (Lipinski definition) is 1. The van der Waals surface area contributed by atoms with E-state index in [1.807, 2.05) is 23.5 Å². The minimum Gasteiger partial charge on any atom is -0.494 e. The average Bonchev–Trinajstić information content (AvgIpc) is 2.91. The van der Waals surface area contributed by atoms with Gasteiger partial charge in [-0.2, -0.15) is 0 Å². The normalized spacial score (nSPS) is 10.4. The minimum absolute atomic E-state index is 0.772. The Bertz CT molecular complexity index is 507. The third kappa shape index (κ3) is 4.28. The van der Waals surface area contributed by atoms with Gasteiger partial charge in [0.25, 0.3) is 0 Å². The molecule has 19 heavy (non-hydrogen) atoms. The zero-order chi connectivity index (χ0) is 13.5. The minimum atomic E-state index is 0.772. The molecule has 0 spiro atoms. The van der Waals surface area contributed by atoms with Crippen molar-refractivity contribution >= 4 is 17.0 Å². The van der Waals surface area contributed by atoms with E-state index in [2.05, 4.69) is 43.4 Å². The number of rotatable bonds is 7. The second kappa shape index (κ2) is 7.19. The van der Waals surface area contributed by atoms with E-state index in [-0.39, 0.29) is 0 Å². The molecule has 2 rings (SSSR count). The van der Waals surface area contributed by atoms with Gasteiger partial charge in [-0.3, -0.25) is 0 Å². The molecule has 0 bridgehead atoms. The molecule has 2 aromatic rings. The summed E-state index contributed by atoms with van der Waals surface area (Å²) in [6, 6.07) is 12.6. The summed E-state index contributed by atoms with van der Waals surface area (Å²) in [7, 11) is 0. The highest BCUT2D eigenvalue weighted by Gasteiger charge is 2.00. The van der Waals surface area contributed by atoms with Gasteiger partial charge in [-0.1, -0.05) is 19.9 Å². The molecule has 0 aliphatic carbocycles. The number of benzene rings is 1. The second-order valence-electron chi connectivity index (χ2n) is 4.45. The molecular formula is C16H21NOS. The highest BCUT2D eigenvalue weighted by atomic mass is 32.1. The first-order valence-electron chi connectivity index (χ1n) is 6.86. The van der Waals surface area contributed by atoms with E-state index in [0.717, 1.165) is 37.4 Å². The van der Waals surface area contributed by atoms with E-state index in [0.29, 0.717) is 0 Å². The highest BCUT2D eigenvalue weighted by molar-refractivity contribution is 7.12. The number of thiophene rings is 1. The Morgan fingerprint density at radius 3 is 2.68 bits per heavy atom. The van der Waals surface area contributed by atoms with E-state index in [1.54, 1.807) is 0 Å². The molecule has 3 heteroatoms. The van der Waals surface area contributed by atoms with Gasteiger partial charge < -0.3 is 10.1 Å². The number of hydrogen-bond acceptors (Lipinski definition) is 3. The van der Waals surface area contributed by atoms with Crippen LogP contribution in [0.5, 0.6) is 5.75 Å². The molecule has 0 aliphatic heterocycles. The third-order valence-corrected chi connectivity index (χ3v) is 4.07. The van der Waals surface area contributed by atoms with Gasteiger partial charge in [0.1, 0.15) is 5.75 Å². The highest BCUT2D eigenvalue weighted by Crippen LogP contribution is 2.21. The summed E-state index contributed by atoms with van der Waals surface area (Å²) in [6.07, 6.45) is 2.15. The SMILES string of the molecule is CCCOc1cccc(NCc2ccc(CC)s2)c1. The van der Waals surface area contributed by atoms with Crippen molar-refractivity contribution in [3.8, 4) is 5.75 Å². The molecule has 0 saturated heterocycles. The van der Waals surface area contributed by atoms with Crippen LogP contribution in [0.1, 0.15) is 30.0 Å². The molecule has 1 aromatic carbocycles. The smallest absolute Gasteiger partial charge is 0.121 e. The predicted molar refractivity (Wildman–Crippen MR) is 83.3 cm³/mol. The van der Waals surface area contributed by atoms with Crippen LogP contribution in [0, 0.1) is 0 Å². The fourth-order valence-electron chi connectivity index (χ4n) is 1.81. The molecule has 0 atom stereocenters. The summed E-state index contributed by atoms with van der Waals surface area (Å²) >= 11 is 1.88. The molecule has 0 unspecified atom stereocenters. The lowest BCUT2D eigenvalue weighted by Crippen LogP contribution is -1.99. The van der Waals surface area contributed by atoms with Crippen LogP contribution < -0.4 is 10.1 Å². The van der Waals surface area contributed by atoms with Crippen LogP contribution in [-0.4, -0.2) is 6.61 Å². The van der Waals surface area contributed by atoms with E-state index in [9.17, 15) is 0 Å². The average molecular weight is 275 g/mol. The molecule has 0 fully saturated rings. The Labute approximate surface area is 119 Å². The Balaban J connectivity index is 1.91. The first-order chi connectivity index (χ1) is 9.31. The van der Waals surface area contributed by atoms with Crippen LogP contribution in [0.4, 0.5) is 5.69 Å². The first kappa shape index (κ1) is 13.9. The first-order valence-corrected chi connectivity index (χ1v) is 7.67. The molecule has 1 N–H and O–H groups in total. The van der Waals surface area contributed by atoms with E-state index in [1.165, 1.54) is 9.75 Å². The number of nitrogens with one attached hydrogen (secondary N) is 1. The van der Waals surface area contributed by atoms with E-state index >= 15 is 0 Å². The van der Waals surface area contributed by atoms with Crippen molar-refractivity contribution in [3.05, 3.63) is 46.2 Å². The van der Waals surface area contributed by atoms with Crippen LogP contribution in [0.25, 0.3) is 0 Å². The fourth-order valence-corrected chi connectivity index (χ4v) is 2.71. The molecule has 102 valence electrons. The zero-order valence-corrected chi connectivity index (χ0v) is 12.4. The van der Waals surface area contributed by atoms with Gasteiger partial charge in [-0.25, -0.2) is 0 Å². The van der Waals surface area contributed by atoms with Crippen molar-refractivity contribution in [3.63, 3.8) is 0 Å². The molecule has 1 aromatic heterocycles. The van der Waals surface area contributed by atoms with Crippen molar-refractivity contribution in [2.45, 2.75) is 33.2 Å². The van der Waals surface area contributed by atoms with Crippen molar-refractivity contribution in [2.75, 3.05) is 11.9 Å². The molecule has 1 heterocycles. The van der Waals surface area contributed by atoms with E-state index in [4.69, 9.17) is 4.74 Å². The van der Waals surface area contributed by atoms with Gasteiger partial charge in [0.05, 0.1) is 6.61 Å². The van der Waals surface area contributed by atoms with Crippen molar-refractivity contribution in [1.29, 1.82) is 0 Å². The lowest BCUT2D eigenvalue weighted by Gasteiger charge is -2.08. The maximum atomic E-state index is 5.63. The largest absolute Gasteiger partial charge is 0.494 e. The fraction of sp³-hybridized carbons (Fsp3) is 0.375. The van der Waals surface area contributed by atoms with Crippen LogP contribution in [0.15, 0.2) is 36.4 Å². The van der Waals surface area contributed by atoms with Crippen molar-refractivity contribution in [1.82, 2.24) is 0 Å². The molecule has 0 aliphatic rings. The van der Waals surface area contributed by atoms with E-state index < -0.39 is 0 Å². The summed E-state index contributed by atoms with van der Waals surface area (Å²) in [5, 5.41) is 3.45. The summed E-state index contributed by atoms with van der Waals surface area (Å²) in [5.74, 6) is 0.937. The standard InChI is InChI=1S/C16H21NOS/c1-3-10-18-14-7-5-6-13(11-14)17-12-16-9-8-15(4-2)19-16/h5-9,11,17H,3-4,10,12H2,1-2H3. The summed E-state index contributed by atoms with van der Waals surface area (Å²) in [5.41, 5.74) is 1.11. The van der Waals surface area contributed by atoms with Crippen LogP contribution >= 0.6 is 11.3 Å². The Morgan fingerprint density at radius 1 is 1.11 bits per heavy atom. The topological polar surface area (TPSA) is 21.3 Å². The predicted octanol–water partition coefficient (Wildman–Crippen LogP) is 4.71. The lowest BCUT2D eigenvalue weighted by atomic mass is 10.3. The summed E-state index contributed by atoms with van der Waals surface area (Å²) in [4.78, 5) is 2.81. The Morgan fingerprint density at radius 2 is 1.95 bits per heavy atom. The van der Waals surface area contributed by atoms with Crippen LogP contribution in [0.2, 0.25) is 0 Å². The summed E-state index contributed by atoms with van der Waals surface area (Å²) in [6.45, 7) is 5.96. The van der Waals surface area contributed by atoms with Crippen LogP contribution in [-0.2, 0) is 13.0 Å². The maximum Gasteiger partial charge on any atom is 0.121 e. The van der Waals surface area contributed by atoms with Gasteiger partial charge in [0.2, 0.25) is 0 Å². The Kier molecular flexibility index (Phi) is 5.28. The molecule has 0 amide bonds. The molecule has 0 saturated carbocycles. The Hall–Kier alpha value is -1.48. The second-order valence-corrected chi connectivity index (χ2v) is 5.70. The van der Waals surface area contributed by atoms with Gasteiger partial charge in [0, 0.05) is 28.1 Å². The molecule has 2 nitrogen and oxygen atoms in total. The maximum absolute atomic E-state index is 5.63. The lowest BCUT2D eigenvalue weighted by molar-refractivity contribution is 0.317. The van der Waals surface area contributed by atoms with Crippen molar-refractivity contribution < 1.29 is 4.74 Å². The molecular weight excluding hydrogens is 254 g/mol. The number of anilines is 1. The summed E-state index contributed by atoms with van der Waals surface area (Å²) < 4.78 is 5.63.